The maximum atomic E-state index is 11.8. The molecule has 0 atom stereocenters. The molecule has 0 unspecified atom stereocenters. The van der Waals surface area contributed by atoms with Crippen LogP contribution in [-0.2, 0) is 0 Å². The highest BCUT2D eigenvalue weighted by atomic mass is 35.5. The lowest BCUT2D eigenvalue weighted by Crippen LogP contribution is -2.17. The summed E-state index contributed by atoms with van der Waals surface area (Å²) in [6.45, 7) is 2.34. The molecule has 1 amide bonds. The van der Waals surface area contributed by atoms with E-state index in [4.69, 9.17) is 21.1 Å². The van der Waals surface area contributed by atoms with Crippen LogP contribution >= 0.6 is 11.6 Å². The van der Waals surface area contributed by atoms with Gasteiger partial charge in [0, 0.05) is 12.4 Å². The number of nitrogens with zero attached hydrogens (tertiary/aromatic N) is 2. The van der Waals surface area contributed by atoms with Crippen molar-refractivity contribution in [2.75, 3.05) is 13.7 Å². The number of benzene rings is 1. The van der Waals surface area contributed by atoms with E-state index in [0.717, 1.165) is 0 Å². The number of nitrogens with one attached hydrogen (secondary N) is 1. The van der Waals surface area contributed by atoms with E-state index < -0.39 is 0 Å². The summed E-state index contributed by atoms with van der Waals surface area (Å²) in [7, 11) is 1.53. The molecular formula is C16H16ClN3O3. The van der Waals surface area contributed by atoms with E-state index in [1.165, 1.54) is 19.5 Å². The molecule has 0 radical (unpaired) electrons. The monoisotopic (exact) mass is 333 g/mol. The molecule has 7 heteroatoms. The molecule has 1 N–H and O–H groups in total. The zero-order valence-corrected chi connectivity index (χ0v) is 13.5. The minimum absolute atomic E-state index is 0.349. The van der Waals surface area contributed by atoms with Gasteiger partial charge in [-0.3, -0.25) is 9.78 Å². The minimum atomic E-state index is -0.349. The molecule has 6 nitrogen and oxygen atoms in total. The van der Waals surface area contributed by atoms with Gasteiger partial charge in [-0.25, -0.2) is 5.43 Å². The number of amides is 1. The van der Waals surface area contributed by atoms with E-state index in [1.807, 2.05) is 6.92 Å². The van der Waals surface area contributed by atoms with Gasteiger partial charge >= 0.3 is 0 Å². The molecule has 120 valence electrons. The summed E-state index contributed by atoms with van der Waals surface area (Å²) >= 11 is 6.17. The van der Waals surface area contributed by atoms with Crippen LogP contribution in [0.5, 0.6) is 11.5 Å². The summed E-state index contributed by atoms with van der Waals surface area (Å²) in [5, 5.41) is 4.31. The fourth-order valence-corrected chi connectivity index (χ4v) is 2.10. The molecule has 1 aromatic heterocycles. The van der Waals surface area contributed by atoms with Crippen molar-refractivity contribution in [2.24, 2.45) is 5.10 Å². The number of aromatic nitrogens is 1. The van der Waals surface area contributed by atoms with Crippen LogP contribution in [0.1, 0.15) is 22.8 Å². The van der Waals surface area contributed by atoms with Gasteiger partial charge in [-0.15, -0.1) is 0 Å². The van der Waals surface area contributed by atoms with E-state index in [0.29, 0.717) is 34.3 Å². The van der Waals surface area contributed by atoms with Gasteiger partial charge in [-0.2, -0.15) is 5.10 Å². The number of rotatable bonds is 6. The van der Waals surface area contributed by atoms with Crippen LogP contribution < -0.4 is 14.9 Å². The molecular weight excluding hydrogens is 318 g/mol. The molecule has 0 spiro atoms. The van der Waals surface area contributed by atoms with E-state index in [9.17, 15) is 4.79 Å². The second-order valence-corrected chi connectivity index (χ2v) is 4.82. The van der Waals surface area contributed by atoms with Crippen molar-refractivity contribution in [1.82, 2.24) is 10.4 Å². The molecule has 0 aliphatic heterocycles. The average Bonchev–Trinajstić information content (AvgIpc) is 2.57. The Balaban J connectivity index is 2.11. The van der Waals surface area contributed by atoms with E-state index in [2.05, 4.69) is 15.5 Å². The first-order valence-electron chi connectivity index (χ1n) is 6.89. The SMILES string of the molecule is CCOc1c(Cl)cc(/C=N/NC(=O)c2cccnc2)cc1OC. The Labute approximate surface area is 139 Å². The van der Waals surface area contributed by atoms with E-state index in [1.54, 1.807) is 30.5 Å². The maximum absolute atomic E-state index is 11.8. The Morgan fingerprint density at radius 2 is 2.30 bits per heavy atom. The third-order valence-corrected chi connectivity index (χ3v) is 3.12. The predicted octanol–water partition coefficient (Wildman–Crippen LogP) is 2.91. The van der Waals surface area contributed by atoms with Crippen LogP contribution in [0.4, 0.5) is 0 Å². The van der Waals surface area contributed by atoms with Crippen LogP contribution in [0.15, 0.2) is 41.8 Å². The Morgan fingerprint density at radius 1 is 1.48 bits per heavy atom. The predicted molar refractivity (Wildman–Crippen MR) is 88.5 cm³/mol. The van der Waals surface area contributed by atoms with Gasteiger partial charge in [0.05, 0.1) is 30.5 Å². The zero-order chi connectivity index (χ0) is 16.7. The largest absolute Gasteiger partial charge is 0.493 e. The molecule has 0 aliphatic carbocycles. The van der Waals surface area contributed by atoms with Crippen molar-refractivity contribution in [3.63, 3.8) is 0 Å². The summed E-state index contributed by atoms with van der Waals surface area (Å²) in [6, 6.07) is 6.72. The Bertz CT molecular complexity index is 705. The number of hydrazone groups is 1. The molecule has 0 fully saturated rings. The first-order chi connectivity index (χ1) is 11.2. The molecule has 1 aromatic carbocycles. The van der Waals surface area contributed by atoms with Crippen molar-refractivity contribution in [1.29, 1.82) is 0 Å². The summed E-state index contributed by atoms with van der Waals surface area (Å²) in [6.07, 6.45) is 4.52. The third kappa shape index (κ3) is 4.43. The first kappa shape index (κ1) is 16.8. The van der Waals surface area contributed by atoms with E-state index in [-0.39, 0.29) is 5.91 Å². The highest BCUT2D eigenvalue weighted by Crippen LogP contribution is 2.35. The van der Waals surface area contributed by atoms with Gasteiger partial charge < -0.3 is 9.47 Å². The topological polar surface area (TPSA) is 72.8 Å². The normalized spacial score (nSPS) is 10.6. The van der Waals surface area contributed by atoms with Crippen molar-refractivity contribution in [3.8, 4) is 11.5 Å². The quantitative estimate of drug-likeness (QED) is 0.651. The van der Waals surface area contributed by atoms with Crippen LogP contribution in [0, 0.1) is 0 Å². The number of hydrogen-bond donors (Lipinski definition) is 1. The standard InChI is InChI=1S/C16H16ClN3O3/c1-3-23-15-13(17)7-11(8-14(15)22-2)9-19-20-16(21)12-5-4-6-18-10-12/h4-10H,3H2,1-2H3,(H,20,21)/b19-9+. The van der Waals surface area contributed by atoms with E-state index >= 15 is 0 Å². The molecule has 1 heterocycles. The highest BCUT2D eigenvalue weighted by Gasteiger charge is 2.11. The number of hydrogen-bond acceptors (Lipinski definition) is 5. The molecule has 2 rings (SSSR count). The van der Waals surface area contributed by atoms with Crippen LogP contribution in [0.2, 0.25) is 5.02 Å². The number of halogens is 1. The van der Waals surface area contributed by atoms with Gasteiger partial charge in [-0.1, -0.05) is 11.6 Å². The number of ether oxygens (including phenoxy) is 2. The Hall–Kier alpha value is -2.60. The Morgan fingerprint density at radius 3 is 2.96 bits per heavy atom. The van der Waals surface area contributed by atoms with Crippen molar-refractivity contribution in [2.45, 2.75) is 6.92 Å². The number of carbonyl (C=O) groups is 1. The van der Waals surface area contributed by atoms with Crippen molar-refractivity contribution in [3.05, 3.63) is 52.8 Å². The summed E-state index contributed by atoms with van der Waals surface area (Å²) < 4.78 is 10.7. The molecule has 0 bridgehead atoms. The summed E-state index contributed by atoms with van der Waals surface area (Å²) in [4.78, 5) is 15.7. The number of carbonyl (C=O) groups excluding carboxylic acids is 1. The van der Waals surface area contributed by atoms with Crippen LogP contribution in [-0.4, -0.2) is 30.8 Å². The fourth-order valence-electron chi connectivity index (χ4n) is 1.83. The zero-order valence-electron chi connectivity index (χ0n) is 12.7. The number of methoxy groups -OCH3 is 1. The van der Waals surface area contributed by atoms with Crippen molar-refractivity contribution >= 4 is 23.7 Å². The summed E-state index contributed by atoms with van der Waals surface area (Å²) in [5.74, 6) is 0.631. The lowest BCUT2D eigenvalue weighted by atomic mass is 10.2. The lowest BCUT2D eigenvalue weighted by molar-refractivity contribution is 0.0955. The lowest BCUT2D eigenvalue weighted by Gasteiger charge is -2.11. The van der Waals surface area contributed by atoms with Gasteiger partial charge in [-0.05, 0) is 36.8 Å². The summed E-state index contributed by atoms with van der Waals surface area (Å²) in [5.41, 5.74) is 3.51. The van der Waals surface area contributed by atoms with Crippen LogP contribution in [0.3, 0.4) is 0 Å². The van der Waals surface area contributed by atoms with Gasteiger partial charge in [0.25, 0.3) is 5.91 Å². The second kappa shape index (κ2) is 8.14. The fraction of sp³-hybridized carbons (Fsp3) is 0.188. The van der Waals surface area contributed by atoms with Gasteiger partial charge in [0.15, 0.2) is 11.5 Å². The molecule has 0 saturated heterocycles. The molecule has 0 saturated carbocycles. The smallest absolute Gasteiger partial charge is 0.272 e. The van der Waals surface area contributed by atoms with Gasteiger partial charge in [0.1, 0.15) is 0 Å². The highest BCUT2D eigenvalue weighted by molar-refractivity contribution is 6.32. The van der Waals surface area contributed by atoms with Crippen molar-refractivity contribution < 1.29 is 14.3 Å². The van der Waals surface area contributed by atoms with Crippen LogP contribution in [0.25, 0.3) is 0 Å². The average molecular weight is 334 g/mol. The number of pyridine rings is 1. The second-order valence-electron chi connectivity index (χ2n) is 4.41. The maximum Gasteiger partial charge on any atom is 0.272 e. The molecule has 23 heavy (non-hydrogen) atoms. The Kier molecular flexibility index (Phi) is 5.94. The first-order valence-corrected chi connectivity index (χ1v) is 7.27. The minimum Gasteiger partial charge on any atom is -0.493 e. The third-order valence-electron chi connectivity index (χ3n) is 2.84. The van der Waals surface area contributed by atoms with Gasteiger partial charge in [0.2, 0.25) is 0 Å². The molecule has 2 aromatic rings. The molecule has 0 aliphatic rings.